The third kappa shape index (κ3) is 3.32. The summed E-state index contributed by atoms with van der Waals surface area (Å²) in [5.41, 5.74) is 1.24. The monoisotopic (exact) mass is 265 g/mol. The van der Waals surface area contributed by atoms with Crippen molar-refractivity contribution in [3.63, 3.8) is 0 Å². The molecule has 1 aromatic rings. The number of methoxy groups -OCH3 is 3. The van der Waals surface area contributed by atoms with Gasteiger partial charge in [-0.2, -0.15) is 0 Å². The number of piperidine rings is 1. The van der Waals surface area contributed by atoms with Crippen molar-refractivity contribution >= 4 is 0 Å². The van der Waals surface area contributed by atoms with Crippen molar-refractivity contribution in [1.29, 1.82) is 0 Å². The number of hydrogen-bond donors (Lipinski definition) is 1. The zero-order valence-corrected chi connectivity index (χ0v) is 12.0. The van der Waals surface area contributed by atoms with E-state index in [0.717, 1.165) is 31.0 Å². The normalized spacial score (nSPS) is 19.0. The lowest BCUT2D eigenvalue weighted by atomic mass is 9.92. The van der Waals surface area contributed by atoms with Crippen LogP contribution in [0, 0.1) is 5.92 Å². The zero-order valence-electron chi connectivity index (χ0n) is 12.0. The van der Waals surface area contributed by atoms with E-state index in [1.165, 1.54) is 18.4 Å². The standard InChI is InChI=1S/C15H23NO3/c1-17-13-8-12(7-11-5-4-6-16-10-11)9-14(18-2)15(13)19-3/h8-9,11,16H,4-7,10H2,1-3H3. The van der Waals surface area contributed by atoms with Crippen LogP contribution in [-0.2, 0) is 6.42 Å². The van der Waals surface area contributed by atoms with Crippen molar-refractivity contribution in [2.45, 2.75) is 19.3 Å². The van der Waals surface area contributed by atoms with Gasteiger partial charge in [0.25, 0.3) is 0 Å². The molecule has 106 valence electrons. The summed E-state index contributed by atoms with van der Waals surface area (Å²) in [6.45, 7) is 2.24. The van der Waals surface area contributed by atoms with E-state index in [4.69, 9.17) is 14.2 Å². The molecule has 4 nitrogen and oxygen atoms in total. The summed E-state index contributed by atoms with van der Waals surface area (Å²) >= 11 is 0. The molecule has 0 aliphatic carbocycles. The van der Waals surface area contributed by atoms with Crippen LogP contribution in [-0.4, -0.2) is 34.4 Å². The van der Waals surface area contributed by atoms with Gasteiger partial charge in [0, 0.05) is 0 Å². The third-order valence-corrected chi connectivity index (χ3v) is 3.65. The maximum absolute atomic E-state index is 5.39. The van der Waals surface area contributed by atoms with Gasteiger partial charge in [-0.05, 0) is 56.0 Å². The van der Waals surface area contributed by atoms with Crippen LogP contribution in [0.3, 0.4) is 0 Å². The van der Waals surface area contributed by atoms with E-state index in [2.05, 4.69) is 17.4 Å². The Hall–Kier alpha value is -1.42. The molecule has 1 aliphatic rings. The number of ether oxygens (including phenoxy) is 3. The first kappa shape index (κ1) is 14.0. The summed E-state index contributed by atoms with van der Waals surface area (Å²) in [4.78, 5) is 0. The molecule has 0 spiro atoms. The van der Waals surface area contributed by atoms with Gasteiger partial charge in [0.1, 0.15) is 0 Å². The maximum atomic E-state index is 5.39. The molecule has 0 amide bonds. The fourth-order valence-electron chi connectivity index (χ4n) is 2.68. The van der Waals surface area contributed by atoms with E-state index in [0.29, 0.717) is 11.7 Å². The second kappa shape index (κ2) is 6.66. The fraction of sp³-hybridized carbons (Fsp3) is 0.600. The number of nitrogens with one attached hydrogen (secondary N) is 1. The molecule has 2 rings (SSSR count). The quantitative estimate of drug-likeness (QED) is 0.886. The van der Waals surface area contributed by atoms with Crippen LogP contribution in [0.25, 0.3) is 0 Å². The smallest absolute Gasteiger partial charge is 0.203 e. The Morgan fingerprint density at radius 1 is 1.11 bits per heavy atom. The maximum Gasteiger partial charge on any atom is 0.203 e. The molecule has 0 aromatic heterocycles. The Bertz CT molecular complexity index is 389. The summed E-state index contributed by atoms with van der Waals surface area (Å²) < 4.78 is 16.1. The van der Waals surface area contributed by atoms with Crippen LogP contribution < -0.4 is 19.5 Å². The number of hydrogen-bond acceptors (Lipinski definition) is 4. The van der Waals surface area contributed by atoms with Gasteiger partial charge in [-0.1, -0.05) is 0 Å². The van der Waals surface area contributed by atoms with Gasteiger partial charge in [0.05, 0.1) is 21.3 Å². The van der Waals surface area contributed by atoms with E-state index in [1.54, 1.807) is 21.3 Å². The molecule has 1 N–H and O–H groups in total. The Morgan fingerprint density at radius 2 is 1.79 bits per heavy atom. The minimum absolute atomic E-state index is 0.663. The summed E-state index contributed by atoms with van der Waals surface area (Å²) in [6, 6.07) is 4.10. The highest BCUT2D eigenvalue weighted by molar-refractivity contribution is 5.53. The summed E-state index contributed by atoms with van der Waals surface area (Å²) in [6.07, 6.45) is 3.59. The molecule has 0 radical (unpaired) electrons. The van der Waals surface area contributed by atoms with Crippen molar-refractivity contribution in [2.24, 2.45) is 5.92 Å². The van der Waals surface area contributed by atoms with Crippen LogP contribution in [0.15, 0.2) is 12.1 Å². The van der Waals surface area contributed by atoms with Crippen molar-refractivity contribution in [1.82, 2.24) is 5.32 Å². The van der Waals surface area contributed by atoms with Crippen LogP contribution in [0.2, 0.25) is 0 Å². The Balaban J connectivity index is 2.20. The van der Waals surface area contributed by atoms with Gasteiger partial charge in [0.15, 0.2) is 11.5 Å². The van der Waals surface area contributed by atoms with E-state index < -0.39 is 0 Å². The van der Waals surface area contributed by atoms with Gasteiger partial charge in [-0.15, -0.1) is 0 Å². The van der Waals surface area contributed by atoms with Crippen molar-refractivity contribution in [2.75, 3.05) is 34.4 Å². The molecule has 1 aromatic carbocycles. The van der Waals surface area contributed by atoms with E-state index in [1.807, 2.05) is 0 Å². The zero-order chi connectivity index (χ0) is 13.7. The second-order valence-electron chi connectivity index (χ2n) is 4.95. The molecular weight excluding hydrogens is 242 g/mol. The molecule has 1 unspecified atom stereocenters. The van der Waals surface area contributed by atoms with Crippen LogP contribution >= 0.6 is 0 Å². The lowest BCUT2D eigenvalue weighted by Crippen LogP contribution is -2.30. The molecule has 0 saturated carbocycles. The first-order chi connectivity index (χ1) is 9.28. The molecule has 1 atom stereocenters. The van der Waals surface area contributed by atoms with E-state index >= 15 is 0 Å². The lowest BCUT2D eigenvalue weighted by molar-refractivity contribution is 0.322. The van der Waals surface area contributed by atoms with Gasteiger partial charge in [-0.25, -0.2) is 0 Å². The highest BCUT2D eigenvalue weighted by Crippen LogP contribution is 2.38. The molecule has 19 heavy (non-hydrogen) atoms. The van der Waals surface area contributed by atoms with E-state index in [9.17, 15) is 0 Å². The molecule has 1 fully saturated rings. The van der Waals surface area contributed by atoms with Gasteiger partial charge < -0.3 is 19.5 Å². The predicted molar refractivity (Wildman–Crippen MR) is 75.4 cm³/mol. The van der Waals surface area contributed by atoms with Crippen molar-refractivity contribution in [3.8, 4) is 17.2 Å². The van der Waals surface area contributed by atoms with Crippen LogP contribution in [0.5, 0.6) is 17.2 Å². The van der Waals surface area contributed by atoms with Gasteiger partial charge in [-0.3, -0.25) is 0 Å². The Morgan fingerprint density at radius 3 is 2.26 bits per heavy atom. The molecule has 1 heterocycles. The lowest BCUT2D eigenvalue weighted by Gasteiger charge is -2.23. The largest absolute Gasteiger partial charge is 0.493 e. The van der Waals surface area contributed by atoms with Crippen LogP contribution in [0.1, 0.15) is 18.4 Å². The van der Waals surface area contributed by atoms with E-state index in [-0.39, 0.29) is 0 Å². The summed E-state index contributed by atoms with van der Waals surface area (Å²) in [5.74, 6) is 2.83. The molecule has 4 heteroatoms. The number of benzene rings is 1. The average Bonchev–Trinajstić information content (AvgIpc) is 2.47. The number of rotatable bonds is 5. The second-order valence-corrected chi connectivity index (χ2v) is 4.95. The molecule has 1 saturated heterocycles. The highest BCUT2D eigenvalue weighted by atomic mass is 16.5. The molecular formula is C15H23NO3. The average molecular weight is 265 g/mol. The predicted octanol–water partition coefficient (Wildman–Crippen LogP) is 2.25. The first-order valence-corrected chi connectivity index (χ1v) is 6.78. The van der Waals surface area contributed by atoms with Crippen molar-refractivity contribution in [3.05, 3.63) is 17.7 Å². The van der Waals surface area contributed by atoms with Crippen LogP contribution in [0.4, 0.5) is 0 Å². The minimum Gasteiger partial charge on any atom is -0.493 e. The SMILES string of the molecule is COc1cc(CC2CCCNC2)cc(OC)c1OC. The topological polar surface area (TPSA) is 39.7 Å². The summed E-state index contributed by atoms with van der Waals surface area (Å²) in [7, 11) is 4.94. The summed E-state index contributed by atoms with van der Waals surface area (Å²) in [5, 5.41) is 3.45. The molecule has 0 bridgehead atoms. The first-order valence-electron chi connectivity index (χ1n) is 6.78. The van der Waals surface area contributed by atoms with Crippen molar-refractivity contribution < 1.29 is 14.2 Å². The highest BCUT2D eigenvalue weighted by Gasteiger charge is 2.17. The fourth-order valence-corrected chi connectivity index (χ4v) is 2.68. The molecule has 1 aliphatic heterocycles. The van der Waals surface area contributed by atoms with Gasteiger partial charge >= 0.3 is 0 Å². The third-order valence-electron chi connectivity index (χ3n) is 3.65. The minimum atomic E-state index is 0.663. The van der Waals surface area contributed by atoms with Gasteiger partial charge in [0.2, 0.25) is 5.75 Å². The Kier molecular flexibility index (Phi) is 4.91. The Labute approximate surface area is 115 Å².